The van der Waals surface area contributed by atoms with Gasteiger partial charge in [-0.3, -0.25) is 10.1 Å². The molecule has 0 aliphatic heterocycles. The normalized spacial score (nSPS) is 11.8. The number of hydrogen-bond donors (Lipinski definition) is 0. The molecule has 1 aromatic heterocycles. The number of nitro groups is 1. The van der Waals surface area contributed by atoms with E-state index in [2.05, 4.69) is 5.10 Å². The lowest BCUT2D eigenvalue weighted by Crippen LogP contribution is -2.12. The summed E-state index contributed by atoms with van der Waals surface area (Å²) in [5.41, 5.74) is 0.216. The van der Waals surface area contributed by atoms with E-state index in [1.807, 2.05) is 0 Å². The second-order valence-corrected chi connectivity index (χ2v) is 6.41. The van der Waals surface area contributed by atoms with E-state index in [0.717, 1.165) is 12.1 Å². The third-order valence-corrected chi connectivity index (χ3v) is 4.33. The summed E-state index contributed by atoms with van der Waals surface area (Å²) in [5.74, 6) is -0.00446. The zero-order chi connectivity index (χ0) is 19.9. The van der Waals surface area contributed by atoms with Gasteiger partial charge in [0.15, 0.2) is 5.75 Å². The number of hydrogen-bond acceptors (Lipinski definition) is 4. The fourth-order valence-corrected chi connectivity index (χ4v) is 3.37. The Morgan fingerprint density at radius 1 is 1.22 bits per heavy atom. The average Bonchev–Trinajstić information content (AvgIpc) is 2.94. The van der Waals surface area contributed by atoms with Crippen LogP contribution in [0.3, 0.4) is 0 Å². The Hall–Kier alpha value is -2.52. The molecule has 0 amide bonds. The second-order valence-electron chi connectivity index (χ2n) is 5.60. The van der Waals surface area contributed by atoms with Crippen molar-refractivity contribution in [3.05, 3.63) is 56.2 Å². The summed E-state index contributed by atoms with van der Waals surface area (Å²) in [5, 5.41) is 15.6. The molecule has 0 aliphatic rings. The highest BCUT2D eigenvalue weighted by Gasteiger charge is 2.29. The number of halogens is 5. The number of methoxy groups -OCH3 is 1. The molecular weight excluding hydrogens is 410 g/mol. The van der Waals surface area contributed by atoms with Crippen LogP contribution >= 0.6 is 23.2 Å². The number of fused-ring (bicyclic) bond motifs is 1. The highest BCUT2D eigenvalue weighted by atomic mass is 35.5. The molecule has 0 aliphatic carbocycles. The van der Waals surface area contributed by atoms with Crippen LogP contribution in [0.2, 0.25) is 10.0 Å². The smallest absolute Gasteiger partial charge is 0.393 e. The molecule has 3 rings (SSSR count). The minimum Gasteiger partial charge on any atom is -0.490 e. The average molecular weight is 420 g/mol. The molecule has 0 radical (unpaired) electrons. The molecule has 2 aromatic carbocycles. The first-order chi connectivity index (χ1) is 12.6. The van der Waals surface area contributed by atoms with Gasteiger partial charge in [-0.2, -0.15) is 18.3 Å². The summed E-state index contributed by atoms with van der Waals surface area (Å²) < 4.78 is 44.1. The van der Waals surface area contributed by atoms with Crippen molar-refractivity contribution in [2.24, 2.45) is 0 Å². The highest BCUT2D eigenvalue weighted by Crippen LogP contribution is 2.37. The van der Waals surface area contributed by atoms with Crippen LogP contribution in [-0.4, -0.2) is 28.0 Å². The number of benzene rings is 2. The van der Waals surface area contributed by atoms with Crippen LogP contribution in [0.4, 0.5) is 18.9 Å². The Balaban J connectivity index is 2.17. The summed E-state index contributed by atoms with van der Waals surface area (Å²) >= 11 is 12.3. The van der Waals surface area contributed by atoms with E-state index in [9.17, 15) is 23.3 Å². The van der Waals surface area contributed by atoms with Gasteiger partial charge in [0, 0.05) is 17.5 Å². The lowest BCUT2D eigenvalue weighted by molar-refractivity contribution is -0.385. The molecule has 0 N–H and O–H groups in total. The Morgan fingerprint density at radius 3 is 2.37 bits per heavy atom. The number of alkyl halides is 3. The molecule has 0 fully saturated rings. The molecule has 0 saturated heterocycles. The van der Waals surface area contributed by atoms with Crippen molar-refractivity contribution < 1.29 is 22.8 Å². The van der Waals surface area contributed by atoms with E-state index in [1.54, 1.807) is 0 Å². The highest BCUT2D eigenvalue weighted by molar-refractivity contribution is 6.38. The molecule has 0 spiro atoms. The number of rotatable bonds is 4. The van der Waals surface area contributed by atoms with E-state index in [-0.39, 0.29) is 32.7 Å². The summed E-state index contributed by atoms with van der Waals surface area (Å²) in [6.07, 6.45) is -4.22. The predicted octanol–water partition coefficient (Wildman–Crippen LogP) is 5.35. The largest absolute Gasteiger partial charge is 0.490 e. The lowest BCUT2D eigenvalue weighted by atomic mass is 10.1. The van der Waals surface area contributed by atoms with Crippen molar-refractivity contribution in [2.75, 3.05) is 7.11 Å². The first kappa shape index (κ1) is 19.2. The van der Waals surface area contributed by atoms with Gasteiger partial charge in [0.25, 0.3) is 0 Å². The Morgan fingerprint density at radius 2 is 1.85 bits per heavy atom. The fraction of sp³-hybridized carbons (Fsp3) is 0.188. The lowest BCUT2D eigenvalue weighted by Gasteiger charge is -2.13. The van der Waals surface area contributed by atoms with Crippen molar-refractivity contribution in [1.29, 1.82) is 0 Å². The summed E-state index contributed by atoms with van der Waals surface area (Å²) in [7, 11) is 1.28. The zero-order valence-corrected chi connectivity index (χ0v) is 15.1. The van der Waals surface area contributed by atoms with Crippen molar-refractivity contribution in [2.45, 2.75) is 12.6 Å². The minimum absolute atomic E-state index is 0.00446. The maximum absolute atomic E-state index is 12.6. The molecule has 0 atom stereocenters. The van der Waals surface area contributed by atoms with E-state index < -0.39 is 17.5 Å². The number of nitro benzene ring substituents is 1. The van der Waals surface area contributed by atoms with E-state index in [0.29, 0.717) is 10.9 Å². The minimum atomic E-state index is -4.40. The summed E-state index contributed by atoms with van der Waals surface area (Å²) in [6.45, 7) is 0. The summed E-state index contributed by atoms with van der Waals surface area (Å²) in [4.78, 5) is 10.5. The fourth-order valence-electron chi connectivity index (χ4n) is 2.68. The first-order valence-corrected chi connectivity index (χ1v) is 8.11. The molecule has 0 bridgehead atoms. The van der Waals surface area contributed by atoms with Gasteiger partial charge in [-0.1, -0.05) is 23.2 Å². The molecule has 6 nitrogen and oxygen atoms in total. The van der Waals surface area contributed by atoms with Gasteiger partial charge >= 0.3 is 11.9 Å². The Kier molecular flexibility index (Phi) is 4.92. The van der Waals surface area contributed by atoms with Crippen LogP contribution < -0.4 is 4.74 Å². The van der Waals surface area contributed by atoms with Gasteiger partial charge in [0.05, 0.1) is 40.2 Å². The maximum atomic E-state index is 12.6. The number of nitrogens with zero attached hydrogens (tertiary/aromatic N) is 3. The van der Waals surface area contributed by atoms with Crippen molar-refractivity contribution in [3.8, 4) is 11.4 Å². The van der Waals surface area contributed by atoms with Crippen LogP contribution in [0.25, 0.3) is 16.6 Å². The van der Waals surface area contributed by atoms with E-state index >= 15 is 0 Å². The molecule has 142 valence electrons. The first-order valence-electron chi connectivity index (χ1n) is 7.36. The summed E-state index contributed by atoms with van der Waals surface area (Å²) in [6, 6.07) is 4.98. The zero-order valence-electron chi connectivity index (χ0n) is 13.6. The molecule has 27 heavy (non-hydrogen) atoms. The quantitative estimate of drug-likeness (QED) is 0.421. The topological polar surface area (TPSA) is 70.2 Å². The number of aromatic nitrogens is 2. The SMILES string of the molecule is COc1cc2c(cnn2-c2c(Cl)cc(CC(F)(F)F)cc2Cl)cc1[N+](=O)[O-]. The van der Waals surface area contributed by atoms with Gasteiger partial charge in [0.1, 0.15) is 5.69 Å². The maximum Gasteiger partial charge on any atom is 0.393 e. The van der Waals surface area contributed by atoms with Gasteiger partial charge < -0.3 is 4.74 Å². The van der Waals surface area contributed by atoms with Crippen molar-refractivity contribution in [1.82, 2.24) is 9.78 Å². The van der Waals surface area contributed by atoms with Crippen LogP contribution in [0, 0.1) is 10.1 Å². The monoisotopic (exact) mass is 419 g/mol. The number of ether oxygens (including phenoxy) is 1. The van der Waals surface area contributed by atoms with Crippen molar-refractivity contribution in [3.63, 3.8) is 0 Å². The van der Waals surface area contributed by atoms with Gasteiger partial charge in [-0.25, -0.2) is 4.68 Å². The molecule has 3 aromatic rings. The molecule has 11 heteroatoms. The van der Waals surface area contributed by atoms with Crippen molar-refractivity contribution >= 4 is 39.8 Å². The molecule has 1 heterocycles. The van der Waals surface area contributed by atoms with Gasteiger partial charge in [-0.05, 0) is 17.7 Å². The molecular formula is C16H10Cl2F3N3O3. The Bertz CT molecular complexity index is 1030. The van der Waals surface area contributed by atoms with Gasteiger partial charge in [0.2, 0.25) is 0 Å². The van der Waals surface area contributed by atoms with E-state index in [4.69, 9.17) is 27.9 Å². The second kappa shape index (κ2) is 6.90. The van der Waals surface area contributed by atoms with Crippen LogP contribution in [0.5, 0.6) is 5.75 Å². The predicted molar refractivity (Wildman–Crippen MR) is 94.1 cm³/mol. The third-order valence-electron chi connectivity index (χ3n) is 3.76. The Labute approximate surface area is 160 Å². The van der Waals surface area contributed by atoms with Crippen LogP contribution in [0.15, 0.2) is 30.5 Å². The third kappa shape index (κ3) is 3.79. The molecule has 0 unspecified atom stereocenters. The van der Waals surface area contributed by atoms with Gasteiger partial charge in [-0.15, -0.1) is 0 Å². The van der Waals surface area contributed by atoms with Crippen LogP contribution in [-0.2, 0) is 6.42 Å². The molecule has 0 saturated carbocycles. The van der Waals surface area contributed by atoms with Crippen LogP contribution in [0.1, 0.15) is 5.56 Å². The van der Waals surface area contributed by atoms with E-state index in [1.165, 1.54) is 30.1 Å². The standard InChI is InChI=1S/C16H10Cl2F3N3O3/c1-27-14-5-12-9(4-13(14)24(25)26)7-22-23(12)15-10(17)2-8(3-11(15)18)6-16(19,20)21/h2-5,7H,6H2,1H3.